The van der Waals surface area contributed by atoms with Crippen molar-refractivity contribution in [2.24, 2.45) is 0 Å². The van der Waals surface area contributed by atoms with Gasteiger partial charge in [-0.05, 0) is 33.4 Å². The van der Waals surface area contributed by atoms with Crippen LogP contribution in [0.25, 0.3) is 0 Å². The molecule has 0 aromatic carbocycles. The zero-order valence-corrected chi connectivity index (χ0v) is 10.8. The van der Waals surface area contributed by atoms with Gasteiger partial charge in [0.25, 0.3) is 0 Å². The second-order valence-corrected chi connectivity index (χ2v) is 4.04. The molecule has 1 rings (SSSR count). The summed E-state index contributed by atoms with van der Waals surface area (Å²) in [5.74, 6) is 0.751. The predicted molar refractivity (Wildman–Crippen MR) is 65.9 cm³/mol. The summed E-state index contributed by atoms with van der Waals surface area (Å²) in [4.78, 5) is 11.6. The highest BCUT2D eigenvalue weighted by Crippen LogP contribution is 2.12. The van der Waals surface area contributed by atoms with Gasteiger partial charge in [0, 0.05) is 12.1 Å². The molecule has 0 aliphatic heterocycles. The number of hydrogen-bond acceptors (Lipinski definition) is 4. The quantitative estimate of drug-likeness (QED) is 0.695. The topological polar surface area (TPSA) is 67.2 Å². The van der Waals surface area contributed by atoms with Gasteiger partial charge in [-0.25, -0.2) is 0 Å². The fraction of sp³-hybridized carbons (Fsp3) is 0.667. The molecule has 17 heavy (non-hydrogen) atoms. The molecule has 0 fully saturated rings. The minimum absolute atomic E-state index is 0.0240. The van der Waals surface area contributed by atoms with Gasteiger partial charge < -0.3 is 15.2 Å². The van der Waals surface area contributed by atoms with Crippen LogP contribution in [0.1, 0.15) is 30.4 Å². The molecule has 1 aromatic rings. The molecule has 5 heteroatoms. The SMILES string of the molecule is CCNCCCNC(=O)Cc1c(C)noc1C. The van der Waals surface area contributed by atoms with Gasteiger partial charge in [0.2, 0.25) is 5.91 Å². The molecule has 96 valence electrons. The zero-order valence-electron chi connectivity index (χ0n) is 10.8. The van der Waals surface area contributed by atoms with Crippen LogP contribution in [0.3, 0.4) is 0 Å². The Kier molecular flexibility index (Phi) is 5.69. The van der Waals surface area contributed by atoms with Crippen molar-refractivity contribution in [1.82, 2.24) is 15.8 Å². The molecule has 0 spiro atoms. The van der Waals surface area contributed by atoms with Crippen LogP contribution in [0.15, 0.2) is 4.52 Å². The Morgan fingerprint density at radius 3 is 2.71 bits per heavy atom. The Balaban J connectivity index is 2.26. The second kappa shape index (κ2) is 7.06. The van der Waals surface area contributed by atoms with Gasteiger partial charge >= 0.3 is 0 Å². The standard InChI is InChI=1S/C12H21N3O2/c1-4-13-6-5-7-14-12(16)8-11-9(2)15-17-10(11)3/h13H,4-8H2,1-3H3,(H,14,16). The van der Waals surface area contributed by atoms with Gasteiger partial charge in [-0.1, -0.05) is 12.1 Å². The maximum atomic E-state index is 11.6. The minimum atomic E-state index is 0.0240. The molecule has 0 radical (unpaired) electrons. The summed E-state index contributed by atoms with van der Waals surface area (Å²) < 4.78 is 5.01. The first kappa shape index (κ1) is 13.7. The number of nitrogens with one attached hydrogen (secondary N) is 2. The fourth-order valence-electron chi connectivity index (χ4n) is 1.60. The van der Waals surface area contributed by atoms with E-state index in [1.807, 2.05) is 13.8 Å². The Morgan fingerprint density at radius 1 is 1.35 bits per heavy atom. The number of aromatic nitrogens is 1. The van der Waals surface area contributed by atoms with Crippen LogP contribution < -0.4 is 10.6 Å². The van der Waals surface area contributed by atoms with Gasteiger partial charge in [-0.2, -0.15) is 0 Å². The Hall–Kier alpha value is -1.36. The first-order valence-electron chi connectivity index (χ1n) is 6.04. The third-order valence-corrected chi connectivity index (χ3v) is 2.62. The van der Waals surface area contributed by atoms with Crippen LogP contribution >= 0.6 is 0 Å². The average Bonchev–Trinajstić information content (AvgIpc) is 2.60. The molecule has 1 amide bonds. The van der Waals surface area contributed by atoms with Crippen LogP contribution in [0.4, 0.5) is 0 Å². The third-order valence-electron chi connectivity index (χ3n) is 2.62. The van der Waals surface area contributed by atoms with E-state index in [1.165, 1.54) is 0 Å². The first-order chi connectivity index (χ1) is 8.15. The highest BCUT2D eigenvalue weighted by atomic mass is 16.5. The van der Waals surface area contributed by atoms with E-state index in [0.717, 1.165) is 36.5 Å². The maximum absolute atomic E-state index is 11.6. The molecular formula is C12H21N3O2. The van der Waals surface area contributed by atoms with E-state index in [2.05, 4.69) is 22.7 Å². The number of nitrogens with zero attached hydrogens (tertiary/aromatic N) is 1. The predicted octanol–water partition coefficient (Wildman–Crippen LogP) is 0.950. The minimum Gasteiger partial charge on any atom is -0.361 e. The number of amides is 1. The highest BCUT2D eigenvalue weighted by Gasteiger charge is 2.12. The largest absolute Gasteiger partial charge is 0.361 e. The third kappa shape index (κ3) is 4.56. The van der Waals surface area contributed by atoms with Crippen molar-refractivity contribution in [3.05, 3.63) is 17.0 Å². The summed E-state index contributed by atoms with van der Waals surface area (Å²) in [5.41, 5.74) is 1.69. The number of carbonyl (C=O) groups is 1. The van der Waals surface area contributed by atoms with Crippen molar-refractivity contribution in [3.63, 3.8) is 0 Å². The van der Waals surface area contributed by atoms with Crippen LogP contribution in [-0.4, -0.2) is 30.7 Å². The van der Waals surface area contributed by atoms with Crippen LogP contribution in [0.2, 0.25) is 0 Å². The average molecular weight is 239 g/mol. The molecule has 0 saturated heterocycles. The summed E-state index contributed by atoms with van der Waals surface area (Å²) in [5, 5.41) is 9.92. The molecular weight excluding hydrogens is 218 g/mol. The van der Waals surface area contributed by atoms with Crippen LogP contribution in [-0.2, 0) is 11.2 Å². The maximum Gasteiger partial charge on any atom is 0.224 e. The van der Waals surface area contributed by atoms with Gasteiger partial charge in [-0.15, -0.1) is 0 Å². The molecule has 1 heterocycles. The summed E-state index contributed by atoms with van der Waals surface area (Å²) in [6.45, 7) is 8.35. The lowest BCUT2D eigenvalue weighted by molar-refractivity contribution is -0.120. The zero-order chi connectivity index (χ0) is 12.7. The van der Waals surface area contributed by atoms with Crippen molar-refractivity contribution in [2.75, 3.05) is 19.6 Å². The fourth-order valence-corrected chi connectivity index (χ4v) is 1.60. The molecule has 0 unspecified atom stereocenters. The summed E-state index contributed by atoms with van der Waals surface area (Å²) in [7, 11) is 0. The number of carbonyl (C=O) groups excluding carboxylic acids is 1. The highest BCUT2D eigenvalue weighted by molar-refractivity contribution is 5.78. The van der Waals surface area contributed by atoms with Crippen molar-refractivity contribution in [2.45, 2.75) is 33.6 Å². The molecule has 1 aromatic heterocycles. The normalized spacial score (nSPS) is 10.5. The number of hydrogen-bond donors (Lipinski definition) is 2. The lowest BCUT2D eigenvalue weighted by atomic mass is 10.1. The van der Waals surface area contributed by atoms with Gasteiger partial charge in [-0.3, -0.25) is 4.79 Å². The van der Waals surface area contributed by atoms with E-state index in [-0.39, 0.29) is 5.91 Å². The summed E-state index contributed by atoms with van der Waals surface area (Å²) in [6, 6.07) is 0. The Morgan fingerprint density at radius 2 is 2.12 bits per heavy atom. The summed E-state index contributed by atoms with van der Waals surface area (Å²) in [6.07, 6.45) is 1.30. The Bertz CT molecular complexity index is 341. The molecule has 5 nitrogen and oxygen atoms in total. The van der Waals surface area contributed by atoms with Crippen molar-refractivity contribution >= 4 is 5.91 Å². The van der Waals surface area contributed by atoms with E-state index >= 15 is 0 Å². The molecule has 0 aliphatic carbocycles. The van der Waals surface area contributed by atoms with Gasteiger partial charge in [0.1, 0.15) is 5.76 Å². The molecule has 0 saturated carbocycles. The smallest absolute Gasteiger partial charge is 0.224 e. The monoisotopic (exact) mass is 239 g/mol. The lowest BCUT2D eigenvalue weighted by Crippen LogP contribution is -2.28. The molecule has 0 aliphatic rings. The van der Waals surface area contributed by atoms with Gasteiger partial charge in [0.05, 0.1) is 12.1 Å². The summed E-state index contributed by atoms with van der Waals surface area (Å²) >= 11 is 0. The Labute approximate surface area is 102 Å². The molecule has 2 N–H and O–H groups in total. The second-order valence-electron chi connectivity index (χ2n) is 4.04. The van der Waals surface area contributed by atoms with Crippen molar-refractivity contribution < 1.29 is 9.32 Å². The molecule has 0 bridgehead atoms. The number of aryl methyl sites for hydroxylation is 2. The van der Waals surface area contributed by atoms with Crippen LogP contribution in [0.5, 0.6) is 0 Å². The van der Waals surface area contributed by atoms with Crippen molar-refractivity contribution in [1.29, 1.82) is 0 Å². The van der Waals surface area contributed by atoms with E-state index in [0.29, 0.717) is 13.0 Å². The van der Waals surface area contributed by atoms with Crippen LogP contribution in [0, 0.1) is 13.8 Å². The van der Waals surface area contributed by atoms with E-state index in [4.69, 9.17) is 4.52 Å². The lowest BCUT2D eigenvalue weighted by Gasteiger charge is -2.05. The number of rotatable bonds is 7. The van der Waals surface area contributed by atoms with E-state index < -0.39 is 0 Å². The van der Waals surface area contributed by atoms with E-state index in [1.54, 1.807) is 0 Å². The van der Waals surface area contributed by atoms with E-state index in [9.17, 15) is 4.79 Å². The molecule has 0 atom stereocenters. The van der Waals surface area contributed by atoms with Gasteiger partial charge in [0.15, 0.2) is 0 Å². The van der Waals surface area contributed by atoms with Crippen molar-refractivity contribution in [3.8, 4) is 0 Å². The first-order valence-corrected chi connectivity index (χ1v) is 6.04.